The van der Waals surface area contributed by atoms with Gasteiger partial charge in [0.15, 0.2) is 0 Å². The van der Waals surface area contributed by atoms with Gasteiger partial charge in [-0.05, 0) is 23.8 Å². The molecule has 3 heterocycles. The molecule has 5 aromatic rings. The monoisotopic (exact) mass is 455 g/mol. The maximum atomic E-state index is 12.4. The number of nitrogens with one attached hydrogen (secondary N) is 2. The largest absolute Gasteiger partial charge is 0.383 e. The zero-order valence-electron chi connectivity index (χ0n) is 17.8. The van der Waals surface area contributed by atoms with E-state index in [2.05, 4.69) is 25.6 Å². The minimum absolute atomic E-state index is 0.268. The van der Waals surface area contributed by atoms with Gasteiger partial charge in [-0.3, -0.25) is 0 Å². The Kier molecular flexibility index (Phi) is 5.45. The van der Waals surface area contributed by atoms with E-state index in [0.29, 0.717) is 18.1 Å². The first-order valence-electron chi connectivity index (χ1n) is 10.3. The summed E-state index contributed by atoms with van der Waals surface area (Å²) in [5.74, 6) is 0.457. The Morgan fingerprint density at radius 2 is 1.91 bits per heavy atom. The van der Waals surface area contributed by atoms with Gasteiger partial charge in [-0.1, -0.05) is 42.5 Å². The van der Waals surface area contributed by atoms with E-state index < -0.39 is 0 Å². The fraction of sp³-hybridized carbons (Fsp3) is 0.0833. The van der Waals surface area contributed by atoms with Crippen LogP contribution in [-0.4, -0.2) is 25.6 Å². The molecule has 8 nitrogen and oxygen atoms in total. The lowest BCUT2D eigenvalue weighted by molar-refractivity contribution is 0.251. The van der Waals surface area contributed by atoms with E-state index in [-0.39, 0.29) is 6.03 Å². The average Bonchev–Trinajstić information content (AvgIpc) is 3.43. The number of urea groups is 1. The fourth-order valence-electron chi connectivity index (χ4n) is 3.62. The molecule has 0 fully saturated rings. The summed E-state index contributed by atoms with van der Waals surface area (Å²) >= 11 is 1.54. The smallest absolute Gasteiger partial charge is 0.319 e. The topological polar surface area (TPSA) is 111 Å². The third-order valence-corrected chi connectivity index (χ3v) is 6.27. The van der Waals surface area contributed by atoms with Gasteiger partial charge in [0.2, 0.25) is 0 Å². The second-order valence-corrected chi connectivity index (χ2v) is 8.55. The molecule has 5 rings (SSSR count). The van der Waals surface area contributed by atoms with Crippen molar-refractivity contribution >= 4 is 39.1 Å². The molecule has 0 spiro atoms. The van der Waals surface area contributed by atoms with Gasteiger partial charge >= 0.3 is 6.03 Å². The average molecular weight is 456 g/mol. The van der Waals surface area contributed by atoms with Crippen LogP contribution in [0.4, 0.5) is 16.3 Å². The lowest BCUT2D eigenvalue weighted by atomic mass is 10.1. The summed E-state index contributed by atoms with van der Waals surface area (Å²) in [4.78, 5) is 27.3. The van der Waals surface area contributed by atoms with Crippen LogP contribution in [0.5, 0.6) is 0 Å². The molecule has 164 valence electrons. The number of nitrogen functional groups attached to an aromatic ring is 1. The minimum Gasteiger partial charge on any atom is -0.383 e. The predicted octanol–water partition coefficient (Wildman–Crippen LogP) is 4.66. The second-order valence-electron chi connectivity index (χ2n) is 7.52. The number of nitrogens with two attached hydrogens (primary N) is 1. The summed E-state index contributed by atoms with van der Waals surface area (Å²) in [5, 5.41) is 6.60. The van der Waals surface area contributed by atoms with Crippen molar-refractivity contribution in [1.82, 2.24) is 24.8 Å². The van der Waals surface area contributed by atoms with Gasteiger partial charge in [-0.25, -0.2) is 19.7 Å². The SMILES string of the molecule is Cn1cnc(-c2cccc(NC(=O)NCc3ccccc3)c2)c1-c1cc2c(N)ncnc2s1. The molecule has 0 saturated heterocycles. The number of rotatable bonds is 5. The van der Waals surface area contributed by atoms with E-state index >= 15 is 0 Å². The Bertz CT molecular complexity index is 1440. The second kappa shape index (κ2) is 8.71. The third-order valence-electron chi connectivity index (χ3n) is 5.22. The van der Waals surface area contributed by atoms with Crippen LogP contribution < -0.4 is 16.4 Å². The number of imidazole rings is 1. The number of carbonyl (C=O) groups is 1. The number of benzene rings is 2. The molecule has 3 aromatic heterocycles. The summed E-state index contributed by atoms with van der Waals surface area (Å²) in [7, 11) is 1.95. The summed E-state index contributed by atoms with van der Waals surface area (Å²) < 4.78 is 1.97. The van der Waals surface area contributed by atoms with Crippen LogP contribution in [0.15, 0.2) is 73.3 Å². The number of aromatic nitrogens is 4. The van der Waals surface area contributed by atoms with Crippen molar-refractivity contribution in [3.05, 3.63) is 78.9 Å². The van der Waals surface area contributed by atoms with Crippen LogP contribution in [0.2, 0.25) is 0 Å². The summed E-state index contributed by atoms with van der Waals surface area (Å²) in [6.45, 7) is 0.453. The number of hydrogen-bond donors (Lipinski definition) is 3. The Morgan fingerprint density at radius 3 is 2.73 bits per heavy atom. The molecule has 0 unspecified atom stereocenters. The number of fused-ring (bicyclic) bond motifs is 1. The number of amides is 2. The van der Waals surface area contributed by atoms with Crippen molar-refractivity contribution in [3.63, 3.8) is 0 Å². The highest BCUT2D eigenvalue weighted by Gasteiger charge is 2.18. The summed E-state index contributed by atoms with van der Waals surface area (Å²) in [5.41, 5.74) is 10.4. The van der Waals surface area contributed by atoms with Gasteiger partial charge in [0, 0.05) is 24.8 Å². The van der Waals surface area contributed by atoms with E-state index in [1.165, 1.54) is 17.7 Å². The van der Waals surface area contributed by atoms with Gasteiger partial charge in [-0.2, -0.15) is 0 Å². The number of nitrogens with zero attached hydrogens (tertiary/aromatic N) is 4. The van der Waals surface area contributed by atoms with Gasteiger partial charge in [0.05, 0.1) is 28.0 Å². The molecule has 0 radical (unpaired) electrons. The Labute approximate surface area is 194 Å². The Hall–Kier alpha value is -4.24. The normalized spacial score (nSPS) is 10.9. The molecule has 9 heteroatoms. The maximum absolute atomic E-state index is 12.4. The highest BCUT2D eigenvalue weighted by Crippen LogP contribution is 2.38. The number of thiophene rings is 1. The standard InChI is InChI=1S/C24H21N7OS/c1-31-14-29-20(21(31)19-11-18-22(25)27-13-28-23(18)33-19)16-8-5-9-17(10-16)30-24(32)26-12-15-6-3-2-4-7-15/h2-11,13-14H,12H2,1H3,(H2,25,27,28)(H2,26,30,32). The molecule has 0 bridgehead atoms. The van der Waals surface area contributed by atoms with Crippen molar-refractivity contribution in [1.29, 1.82) is 0 Å². The Morgan fingerprint density at radius 1 is 1.06 bits per heavy atom. The number of anilines is 2. The molecule has 33 heavy (non-hydrogen) atoms. The molecular weight excluding hydrogens is 434 g/mol. The molecule has 0 saturated carbocycles. The molecule has 0 aliphatic heterocycles. The fourth-order valence-corrected chi connectivity index (χ4v) is 4.72. The maximum Gasteiger partial charge on any atom is 0.319 e. The Balaban J connectivity index is 1.40. The number of aryl methyl sites for hydroxylation is 1. The molecule has 4 N–H and O–H groups in total. The quantitative estimate of drug-likeness (QED) is 0.357. The van der Waals surface area contributed by atoms with Gasteiger partial charge in [0.1, 0.15) is 17.0 Å². The van der Waals surface area contributed by atoms with Crippen molar-refractivity contribution in [2.24, 2.45) is 7.05 Å². The minimum atomic E-state index is -0.268. The molecule has 2 aromatic carbocycles. The first-order chi connectivity index (χ1) is 16.1. The van der Waals surface area contributed by atoms with Gasteiger partial charge in [0.25, 0.3) is 0 Å². The van der Waals surface area contributed by atoms with Crippen LogP contribution in [0.3, 0.4) is 0 Å². The molecular formula is C24H21N7OS. The van der Waals surface area contributed by atoms with E-state index in [9.17, 15) is 4.79 Å². The lowest BCUT2D eigenvalue weighted by Gasteiger charge is -2.10. The molecule has 2 amide bonds. The first-order valence-corrected chi connectivity index (χ1v) is 11.1. The highest BCUT2D eigenvalue weighted by molar-refractivity contribution is 7.21. The third kappa shape index (κ3) is 4.26. The summed E-state index contributed by atoms with van der Waals surface area (Å²) in [6.07, 6.45) is 3.25. The van der Waals surface area contributed by atoms with Crippen molar-refractivity contribution in [2.45, 2.75) is 6.54 Å². The van der Waals surface area contributed by atoms with Crippen LogP contribution >= 0.6 is 11.3 Å². The van der Waals surface area contributed by atoms with Crippen LogP contribution in [0, 0.1) is 0 Å². The zero-order valence-corrected chi connectivity index (χ0v) is 18.6. The first kappa shape index (κ1) is 20.7. The zero-order chi connectivity index (χ0) is 22.8. The lowest BCUT2D eigenvalue weighted by Crippen LogP contribution is -2.28. The van der Waals surface area contributed by atoms with Crippen molar-refractivity contribution in [3.8, 4) is 21.8 Å². The van der Waals surface area contributed by atoms with E-state index in [4.69, 9.17) is 5.73 Å². The molecule has 0 aliphatic rings. The number of carbonyl (C=O) groups excluding carboxylic acids is 1. The van der Waals surface area contributed by atoms with Crippen LogP contribution in [-0.2, 0) is 13.6 Å². The van der Waals surface area contributed by atoms with E-state index in [1.54, 1.807) is 6.33 Å². The van der Waals surface area contributed by atoms with Crippen molar-refractivity contribution < 1.29 is 4.79 Å². The van der Waals surface area contributed by atoms with Crippen molar-refractivity contribution in [2.75, 3.05) is 11.1 Å². The van der Waals surface area contributed by atoms with E-state index in [1.807, 2.05) is 72.3 Å². The summed E-state index contributed by atoms with van der Waals surface area (Å²) in [6, 6.07) is 19.1. The number of hydrogen-bond acceptors (Lipinski definition) is 6. The molecule has 0 aliphatic carbocycles. The van der Waals surface area contributed by atoms with Gasteiger partial charge < -0.3 is 20.9 Å². The van der Waals surface area contributed by atoms with Gasteiger partial charge in [-0.15, -0.1) is 11.3 Å². The van der Waals surface area contributed by atoms with Crippen LogP contribution in [0.25, 0.3) is 32.0 Å². The predicted molar refractivity (Wildman–Crippen MR) is 132 cm³/mol. The highest BCUT2D eigenvalue weighted by atomic mass is 32.1. The van der Waals surface area contributed by atoms with E-state index in [0.717, 1.165) is 37.6 Å². The van der Waals surface area contributed by atoms with Crippen LogP contribution in [0.1, 0.15) is 5.56 Å². The molecule has 0 atom stereocenters.